The van der Waals surface area contributed by atoms with Gasteiger partial charge in [0.05, 0.1) is 6.20 Å². The van der Waals surface area contributed by atoms with E-state index >= 15 is 0 Å². The lowest BCUT2D eigenvalue weighted by atomic mass is 10.3. The molecule has 2 aromatic rings. The van der Waals surface area contributed by atoms with Gasteiger partial charge in [-0.1, -0.05) is 0 Å². The lowest BCUT2D eigenvalue weighted by Crippen LogP contribution is -2.14. The van der Waals surface area contributed by atoms with E-state index < -0.39 is 5.91 Å². The van der Waals surface area contributed by atoms with Crippen LogP contribution in [0.3, 0.4) is 0 Å². The number of carbonyl (C=O) groups is 1. The number of aromatic amines is 1. The van der Waals surface area contributed by atoms with Crippen LogP contribution in [0.15, 0.2) is 24.5 Å². The van der Waals surface area contributed by atoms with Crippen molar-refractivity contribution >= 4 is 11.7 Å². The van der Waals surface area contributed by atoms with E-state index in [1.165, 1.54) is 12.3 Å². The van der Waals surface area contributed by atoms with Crippen molar-refractivity contribution in [1.29, 1.82) is 0 Å². The molecule has 0 atom stereocenters. The minimum Gasteiger partial charge on any atom is -0.505 e. The van der Waals surface area contributed by atoms with Gasteiger partial charge >= 0.3 is 0 Å². The van der Waals surface area contributed by atoms with Gasteiger partial charge in [-0.2, -0.15) is 5.10 Å². The fourth-order valence-electron chi connectivity index (χ4n) is 1.22. The summed E-state index contributed by atoms with van der Waals surface area (Å²) >= 11 is 0. The Bertz CT molecular complexity index is 521. The van der Waals surface area contributed by atoms with Gasteiger partial charge in [-0.3, -0.25) is 9.89 Å². The summed E-state index contributed by atoms with van der Waals surface area (Å²) in [7, 11) is 0. The largest absolute Gasteiger partial charge is 0.505 e. The van der Waals surface area contributed by atoms with Crippen molar-refractivity contribution in [1.82, 2.24) is 15.2 Å². The Morgan fingerprint density at radius 2 is 2.38 bits per heavy atom. The second kappa shape index (κ2) is 4.01. The molecule has 0 radical (unpaired) electrons. The van der Waals surface area contributed by atoms with Crippen LogP contribution < -0.4 is 5.32 Å². The average molecular weight is 218 g/mol. The van der Waals surface area contributed by atoms with E-state index in [1.807, 2.05) is 0 Å². The fraction of sp³-hybridized carbons (Fsp3) is 0.100. The topological polar surface area (TPSA) is 90.9 Å². The van der Waals surface area contributed by atoms with Gasteiger partial charge < -0.3 is 10.4 Å². The summed E-state index contributed by atoms with van der Waals surface area (Å²) in [6.45, 7) is 1.80. The molecule has 2 aromatic heterocycles. The molecule has 0 aliphatic rings. The molecular formula is C10H10N4O2. The standard InChI is InChI=1S/C10H10N4O2/c1-6-5-12-14-9(6)13-10(16)8-7(15)3-2-4-11-8/h2-5,15H,1H3,(H2,12,13,14,16). The minimum absolute atomic E-state index is 0.0171. The first-order valence-corrected chi connectivity index (χ1v) is 4.64. The number of amides is 1. The van der Waals surface area contributed by atoms with Gasteiger partial charge in [-0.15, -0.1) is 0 Å². The van der Waals surface area contributed by atoms with Crippen LogP contribution in [0.2, 0.25) is 0 Å². The van der Waals surface area contributed by atoms with Crippen LogP contribution in [0.5, 0.6) is 5.75 Å². The van der Waals surface area contributed by atoms with E-state index in [0.29, 0.717) is 5.82 Å². The molecule has 0 aliphatic heterocycles. The second-order valence-electron chi connectivity index (χ2n) is 3.25. The zero-order valence-electron chi connectivity index (χ0n) is 8.56. The Labute approximate surface area is 91.3 Å². The molecular weight excluding hydrogens is 208 g/mol. The van der Waals surface area contributed by atoms with Crippen molar-refractivity contribution in [3.05, 3.63) is 35.8 Å². The Morgan fingerprint density at radius 3 is 3.00 bits per heavy atom. The van der Waals surface area contributed by atoms with Crippen LogP contribution in [0.25, 0.3) is 0 Å². The number of H-pyrrole nitrogens is 1. The average Bonchev–Trinajstić information content (AvgIpc) is 2.65. The lowest BCUT2D eigenvalue weighted by Gasteiger charge is -2.04. The number of hydrogen-bond donors (Lipinski definition) is 3. The number of aromatic nitrogens is 3. The number of nitrogens with zero attached hydrogens (tertiary/aromatic N) is 2. The van der Waals surface area contributed by atoms with Crippen molar-refractivity contribution in [2.75, 3.05) is 5.32 Å². The highest BCUT2D eigenvalue weighted by Gasteiger charge is 2.13. The van der Waals surface area contributed by atoms with Crippen LogP contribution in [0.1, 0.15) is 16.1 Å². The second-order valence-corrected chi connectivity index (χ2v) is 3.25. The Hall–Kier alpha value is -2.37. The molecule has 3 N–H and O–H groups in total. The van der Waals surface area contributed by atoms with Crippen molar-refractivity contribution in [2.45, 2.75) is 6.92 Å². The number of aromatic hydroxyl groups is 1. The van der Waals surface area contributed by atoms with E-state index in [4.69, 9.17) is 0 Å². The minimum atomic E-state index is -0.481. The number of nitrogens with one attached hydrogen (secondary N) is 2. The fourth-order valence-corrected chi connectivity index (χ4v) is 1.22. The molecule has 0 aliphatic carbocycles. The molecule has 0 bridgehead atoms. The molecule has 0 fully saturated rings. The zero-order valence-corrected chi connectivity index (χ0v) is 8.56. The van der Waals surface area contributed by atoms with Gasteiger partial charge in [0.1, 0.15) is 11.6 Å². The van der Waals surface area contributed by atoms with Crippen molar-refractivity contribution < 1.29 is 9.90 Å². The molecule has 6 heteroatoms. The van der Waals surface area contributed by atoms with E-state index in [-0.39, 0.29) is 11.4 Å². The SMILES string of the molecule is Cc1cn[nH]c1NC(=O)c1ncccc1O. The third-order valence-electron chi connectivity index (χ3n) is 2.07. The Morgan fingerprint density at radius 1 is 1.56 bits per heavy atom. The summed E-state index contributed by atoms with van der Waals surface area (Å²) in [6.07, 6.45) is 3.03. The molecule has 0 saturated carbocycles. The summed E-state index contributed by atoms with van der Waals surface area (Å²) < 4.78 is 0. The van der Waals surface area contributed by atoms with E-state index in [1.54, 1.807) is 19.2 Å². The van der Waals surface area contributed by atoms with Crippen LogP contribution >= 0.6 is 0 Å². The predicted octanol–water partition coefficient (Wildman–Crippen LogP) is 1.07. The Balaban J connectivity index is 2.22. The number of rotatable bonds is 2. The van der Waals surface area contributed by atoms with Gasteiger partial charge in [0.15, 0.2) is 5.69 Å². The third-order valence-corrected chi connectivity index (χ3v) is 2.07. The molecule has 2 heterocycles. The number of anilines is 1. The smallest absolute Gasteiger partial charge is 0.279 e. The number of carbonyl (C=O) groups excluding carboxylic acids is 1. The summed E-state index contributed by atoms with van der Waals surface area (Å²) in [6, 6.07) is 2.95. The first-order chi connectivity index (χ1) is 7.68. The highest BCUT2D eigenvalue weighted by Crippen LogP contribution is 2.15. The summed E-state index contributed by atoms with van der Waals surface area (Å²) in [4.78, 5) is 15.5. The molecule has 0 saturated heterocycles. The van der Waals surface area contributed by atoms with E-state index in [0.717, 1.165) is 5.56 Å². The highest BCUT2D eigenvalue weighted by molar-refractivity contribution is 6.04. The molecule has 6 nitrogen and oxygen atoms in total. The molecule has 2 rings (SSSR count). The maximum absolute atomic E-state index is 11.7. The van der Waals surface area contributed by atoms with Crippen LogP contribution in [0.4, 0.5) is 5.82 Å². The third kappa shape index (κ3) is 1.85. The maximum atomic E-state index is 11.7. The Kier molecular flexibility index (Phi) is 2.55. The predicted molar refractivity (Wildman–Crippen MR) is 57.2 cm³/mol. The van der Waals surface area contributed by atoms with E-state index in [9.17, 15) is 9.90 Å². The van der Waals surface area contributed by atoms with Crippen molar-refractivity contribution in [2.24, 2.45) is 0 Å². The van der Waals surface area contributed by atoms with E-state index in [2.05, 4.69) is 20.5 Å². The monoisotopic (exact) mass is 218 g/mol. The summed E-state index contributed by atoms with van der Waals surface area (Å²) in [5, 5.41) is 18.4. The molecule has 0 aromatic carbocycles. The molecule has 82 valence electrons. The van der Waals surface area contributed by atoms with Gasteiger partial charge in [0.2, 0.25) is 0 Å². The first-order valence-electron chi connectivity index (χ1n) is 4.64. The number of hydrogen-bond acceptors (Lipinski definition) is 4. The highest BCUT2D eigenvalue weighted by atomic mass is 16.3. The number of aryl methyl sites for hydroxylation is 1. The van der Waals surface area contributed by atoms with Crippen molar-refractivity contribution in [3.8, 4) is 5.75 Å². The van der Waals surface area contributed by atoms with Crippen LogP contribution in [0, 0.1) is 6.92 Å². The molecule has 16 heavy (non-hydrogen) atoms. The van der Waals surface area contributed by atoms with Gasteiger partial charge in [0, 0.05) is 11.8 Å². The quantitative estimate of drug-likeness (QED) is 0.703. The maximum Gasteiger partial charge on any atom is 0.279 e. The van der Waals surface area contributed by atoms with Crippen LogP contribution in [-0.4, -0.2) is 26.2 Å². The zero-order chi connectivity index (χ0) is 11.5. The van der Waals surface area contributed by atoms with Crippen molar-refractivity contribution in [3.63, 3.8) is 0 Å². The van der Waals surface area contributed by atoms with Gasteiger partial charge in [-0.05, 0) is 19.1 Å². The summed E-state index contributed by atoms with van der Waals surface area (Å²) in [5.74, 6) is -0.141. The number of pyridine rings is 1. The van der Waals surface area contributed by atoms with Gasteiger partial charge in [-0.25, -0.2) is 4.98 Å². The lowest BCUT2D eigenvalue weighted by molar-refractivity contribution is 0.101. The first kappa shape index (κ1) is 10.2. The normalized spacial score (nSPS) is 10.1. The summed E-state index contributed by atoms with van der Waals surface area (Å²) in [5.41, 5.74) is 0.792. The molecule has 0 spiro atoms. The van der Waals surface area contributed by atoms with Crippen LogP contribution in [-0.2, 0) is 0 Å². The molecule has 1 amide bonds. The molecule has 0 unspecified atom stereocenters. The van der Waals surface area contributed by atoms with Gasteiger partial charge in [0.25, 0.3) is 5.91 Å².